The fraction of sp³-hybridized carbons (Fsp3) is 0. The number of hydrogen-bond acceptors (Lipinski definition) is 4. The number of hydrogen-bond donors (Lipinski definition) is 1. The number of thioether (sulfide) groups is 1. The molecular formula is C20H10Cl4N2O2S. The average molecular weight is 484 g/mol. The molecule has 1 N–H and O–H groups in total. The molecule has 2 heterocycles. The Morgan fingerprint density at radius 2 is 1.66 bits per heavy atom. The number of amidine groups is 1. The van der Waals surface area contributed by atoms with Gasteiger partial charge < -0.3 is 9.73 Å². The summed E-state index contributed by atoms with van der Waals surface area (Å²) < 4.78 is 5.81. The van der Waals surface area contributed by atoms with Crippen LogP contribution in [0, 0.1) is 0 Å². The molecule has 146 valence electrons. The maximum absolute atomic E-state index is 12.3. The molecule has 0 spiro atoms. The second kappa shape index (κ2) is 8.46. The summed E-state index contributed by atoms with van der Waals surface area (Å²) in [5.74, 6) is 0.758. The predicted octanol–water partition coefficient (Wildman–Crippen LogP) is 7.45. The van der Waals surface area contributed by atoms with Gasteiger partial charge in [0.05, 0.1) is 20.6 Å². The highest BCUT2D eigenvalue weighted by molar-refractivity contribution is 8.18. The molecule has 4 nitrogen and oxygen atoms in total. The molecule has 1 amide bonds. The summed E-state index contributed by atoms with van der Waals surface area (Å²) in [5, 5.41) is 5.10. The normalized spacial score (nSPS) is 16.6. The van der Waals surface area contributed by atoms with Gasteiger partial charge in [0, 0.05) is 21.7 Å². The number of halogens is 4. The Morgan fingerprint density at radius 3 is 2.45 bits per heavy atom. The monoisotopic (exact) mass is 482 g/mol. The zero-order chi connectivity index (χ0) is 20.5. The predicted molar refractivity (Wildman–Crippen MR) is 121 cm³/mol. The molecule has 29 heavy (non-hydrogen) atoms. The van der Waals surface area contributed by atoms with E-state index < -0.39 is 0 Å². The molecule has 0 atom stereocenters. The number of furan rings is 1. The van der Waals surface area contributed by atoms with Crippen molar-refractivity contribution in [2.75, 3.05) is 0 Å². The van der Waals surface area contributed by atoms with Gasteiger partial charge in [0.1, 0.15) is 11.5 Å². The maximum Gasteiger partial charge on any atom is 0.264 e. The van der Waals surface area contributed by atoms with Crippen molar-refractivity contribution in [3.05, 3.63) is 79.3 Å². The third kappa shape index (κ3) is 4.65. The molecule has 0 unspecified atom stereocenters. The molecule has 0 saturated carbocycles. The summed E-state index contributed by atoms with van der Waals surface area (Å²) in [4.78, 5) is 17.1. The van der Waals surface area contributed by atoms with Gasteiger partial charge in [-0.15, -0.1) is 0 Å². The number of nitrogens with one attached hydrogen (secondary N) is 1. The van der Waals surface area contributed by atoms with E-state index in [4.69, 9.17) is 50.8 Å². The van der Waals surface area contributed by atoms with Gasteiger partial charge in [-0.25, -0.2) is 4.99 Å². The summed E-state index contributed by atoms with van der Waals surface area (Å²) in [6.45, 7) is 0. The Kier molecular flexibility index (Phi) is 5.95. The van der Waals surface area contributed by atoms with E-state index in [0.29, 0.717) is 52.9 Å². The first-order valence-corrected chi connectivity index (χ1v) is 10.5. The molecule has 1 fully saturated rings. The minimum absolute atomic E-state index is 0.286. The summed E-state index contributed by atoms with van der Waals surface area (Å²) in [7, 11) is 0. The molecule has 2 aromatic carbocycles. The number of amides is 1. The first-order valence-electron chi connectivity index (χ1n) is 8.19. The van der Waals surface area contributed by atoms with Gasteiger partial charge in [-0.05, 0) is 60.3 Å². The highest BCUT2D eigenvalue weighted by atomic mass is 35.5. The molecule has 1 aliphatic heterocycles. The van der Waals surface area contributed by atoms with Crippen molar-refractivity contribution in [1.29, 1.82) is 0 Å². The molecule has 4 rings (SSSR count). The number of rotatable bonds is 3. The van der Waals surface area contributed by atoms with Gasteiger partial charge >= 0.3 is 0 Å². The lowest BCUT2D eigenvalue weighted by atomic mass is 10.2. The number of aliphatic imine (C=N–C) groups is 1. The quantitative estimate of drug-likeness (QED) is 0.393. The number of carbonyl (C=O) groups excluding carboxylic acids is 1. The minimum Gasteiger partial charge on any atom is -0.457 e. The first-order chi connectivity index (χ1) is 13.9. The van der Waals surface area contributed by atoms with E-state index in [1.165, 1.54) is 11.8 Å². The molecule has 1 aromatic heterocycles. The Bertz CT molecular complexity index is 1190. The van der Waals surface area contributed by atoms with Gasteiger partial charge in [0.15, 0.2) is 5.17 Å². The van der Waals surface area contributed by atoms with Gasteiger partial charge in [0.25, 0.3) is 5.91 Å². The molecule has 0 radical (unpaired) electrons. The molecule has 0 aliphatic carbocycles. The number of benzene rings is 2. The Hall–Kier alpha value is -1.89. The van der Waals surface area contributed by atoms with Crippen LogP contribution >= 0.6 is 58.2 Å². The zero-order valence-electron chi connectivity index (χ0n) is 14.4. The molecular weight excluding hydrogens is 474 g/mol. The van der Waals surface area contributed by atoms with Gasteiger partial charge in [-0.1, -0.05) is 46.4 Å². The standard InChI is InChI=1S/C20H10Cl4N2O2S/c21-10-1-4-14(23)13(7-10)17-6-3-12(28-17)9-18-19(27)26-20(29-18)25-16-8-11(22)2-5-15(16)24/h1-9H,(H,25,26,27)/b18-9+. The van der Waals surface area contributed by atoms with Gasteiger partial charge in [0.2, 0.25) is 0 Å². The van der Waals surface area contributed by atoms with E-state index in [0.717, 1.165) is 0 Å². The van der Waals surface area contributed by atoms with Crippen LogP contribution in [0.3, 0.4) is 0 Å². The third-order valence-corrected chi connectivity index (χ3v) is 5.90. The lowest BCUT2D eigenvalue weighted by molar-refractivity contribution is -0.115. The third-order valence-electron chi connectivity index (χ3n) is 3.88. The van der Waals surface area contributed by atoms with Crippen molar-refractivity contribution in [3.63, 3.8) is 0 Å². The Balaban J connectivity index is 1.59. The van der Waals surface area contributed by atoms with Gasteiger partial charge in [-0.3, -0.25) is 4.79 Å². The Morgan fingerprint density at radius 1 is 0.931 bits per heavy atom. The fourth-order valence-electron chi connectivity index (χ4n) is 2.55. The van der Waals surface area contributed by atoms with Crippen LogP contribution in [-0.2, 0) is 4.79 Å². The molecule has 0 bridgehead atoms. The van der Waals surface area contributed by atoms with E-state index in [1.54, 1.807) is 54.6 Å². The van der Waals surface area contributed by atoms with Crippen molar-refractivity contribution in [2.24, 2.45) is 4.99 Å². The van der Waals surface area contributed by atoms with Crippen LogP contribution in [0.1, 0.15) is 5.76 Å². The van der Waals surface area contributed by atoms with Crippen LogP contribution in [0.5, 0.6) is 0 Å². The summed E-state index contributed by atoms with van der Waals surface area (Å²) in [5.41, 5.74) is 1.14. The van der Waals surface area contributed by atoms with Crippen LogP contribution < -0.4 is 5.32 Å². The fourth-order valence-corrected chi connectivity index (χ4v) is 4.08. The summed E-state index contributed by atoms with van der Waals surface area (Å²) in [6.07, 6.45) is 1.63. The van der Waals surface area contributed by atoms with Crippen molar-refractivity contribution >= 4 is 81.0 Å². The van der Waals surface area contributed by atoms with E-state index in [1.807, 2.05) is 0 Å². The summed E-state index contributed by atoms with van der Waals surface area (Å²) >= 11 is 25.5. The van der Waals surface area contributed by atoms with Crippen LogP contribution in [0.4, 0.5) is 5.69 Å². The van der Waals surface area contributed by atoms with E-state index >= 15 is 0 Å². The second-order valence-electron chi connectivity index (χ2n) is 5.90. The molecule has 3 aromatic rings. The zero-order valence-corrected chi connectivity index (χ0v) is 18.2. The lowest BCUT2D eigenvalue weighted by Crippen LogP contribution is -2.19. The lowest BCUT2D eigenvalue weighted by Gasteiger charge is -2.01. The summed E-state index contributed by atoms with van der Waals surface area (Å²) in [6, 6.07) is 13.6. The van der Waals surface area contributed by atoms with Crippen LogP contribution in [0.25, 0.3) is 17.4 Å². The first kappa shape index (κ1) is 20.4. The molecule has 9 heteroatoms. The Labute approximate surface area is 190 Å². The van der Waals surface area contributed by atoms with Crippen molar-refractivity contribution in [2.45, 2.75) is 0 Å². The highest BCUT2D eigenvalue weighted by Gasteiger charge is 2.24. The number of carbonyl (C=O) groups is 1. The topological polar surface area (TPSA) is 54.6 Å². The molecule has 1 aliphatic rings. The van der Waals surface area contributed by atoms with Crippen LogP contribution in [0.2, 0.25) is 20.1 Å². The number of nitrogens with zero attached hydrogens (tertiary/aromatic N) is 1. The smallest absolute Gasteiger partial charge is 0.264 e. The SMILES string of the molecule is O=C1NC(=Nc2cc(Cl)ccc2Cl)S/C1=C/c1ccc(-c2cc(Cl)ccc2Cl)o1. The largest absolute Gasteiger partial charge is 0.457 e. The van der Waals surface area contributed by atoms with Crippen molar-refractivity contribution in [1.82, 2.24) is 5.32 Å². The maximum atomic E-state index is 12.3. The molecule has 1 saturated heterocycles. The highest BCUT2D eigenvalue weighted by Crippen LogP contribution is 2.35. The van der Waals surface area contributed by atoms with E-state index in [9.17, 15) is 4.79 Å². The van der Waals surface area contributed by atoms with Crippen LogP contribution in [-0.4, -0.2) is 11.1 Å². The van der Waals surface area contributed by atoms with E-state index in [2.05, 4.69) is 10.3 Å². The van der Waals surface area contributed by atoms with Crippen LogP contribution in [0.15, 0.2) is 62.8 Å². The van der Waals surface area contributed by atoms with E-state index in [-0.39, 0.29) is 5.91 Å². The van der Waals surface area contributed by atoms with Crippen molar-refractivity contribution in [3.8, 4) is 11.3 Å². The van der Waals surface area contributed by atoms with Gasteiger partial charge in [-0.2, -0.15) is 0 Å². The van der Waals surface area contributed by atoms with Crippen molar-refractivity contribution < 1.29 is 9.21 Å². The minimum atomic E-state index is -0.286. The second-order valence-corrected chi connectivity index (χ2v) is 8.62. The average Bonchev–Trinajstić information content (AvgIpc) is 3.27.